The normalized spacial score (nSPS) is 19.9. The summed E-state index contributed by atoms with van der Waals surface area (Å²) < 4.78 is 11.1. The number of hydrogen-bond acceptors (Lipinski definition) is 4. The van der Waals surface area contributed by atoms with Crippen molar-refractivity contribution in [2.24, 2.45) is 0 Å². The van der Waals surface area contributed by atoms with E-state index in [2.05, 4.69) is 22.8 Å². The van der Waals surface area contributed by atoms with Crippen LogP contribution in [-0.2, 0) is 15.9 Å². The van der Waals surface area contributed by atoms with E-state index in [1.807, 2.05) is 11.3 Å². The Kier molecular flexibility index (Phi) is 5.99. The van der Waals surface area contributed by atoms with Gasteiger partial charge < -0.3 is 14.8 Å². The molecule has 1 fully saturated rings. The SMILES string of the molecule is c1csc(CCNCCOCC2CCCO2)c1. The summed E-state index contributed by atoms with van der Waals surface area (Å²) in [6.45, 7) is 4.41. The van der Waals surface area contributed by atoms with Crippen molar-refractivity contribution in [3.05, 3.63) is 22.4 Å². The van der Waals surface area contributed by atoms with E-state index in [4.69, 9.17) is 9.47 Å². The Morgan fingerprint density at radius 3 is 3.24 bits per heavy atom. The zero-order chi connectivity index (χ0) is 11.8. The maximum atomic E-state index is 5.57. The topological polar surface area (TPSA) is 30.5 Å². The molecule has 1 aliphatic rings. The Balaban J connectivity index is 1.39. The van der Waals surface area contributed by atoms with E-state index in [0.717, 1.165) is 45.8 Å². The molecule has 1 aromatic heterocycles. The summed E-state index contributed by atoms with van der Waals surface area (Å²) in [5.41, 5.74) is 0. The van der Waals surface area contributed by atoms with Crippen molar-refractivity contribution < 1.29 is 9.47 Å². The smallest absolute Gasteiger partial charge is 0.0809 e. The van der Waals surface area contributed by atoms with Gasteiger partial charge in [-0.15, -0.1) is 11.3 Å². The molecule has 0 aliphatic carbocycles. The van der Waals surface area contributed by atoms with Gasteiger partial charge in [0.15, 0.2) is 0 Å². The molecule has 0 aromatic carbocycles. The average molecular weight is 255 g/mol. The minimum absolute atomic E-state index is 0.348. The van der Waals surface area contributed by atoms with Crippen molar-refractivity contribution >= 4 is 11.3 Å². The van der Waals surface area contributed by atoms with Crippen LogP contribution in [0, 0.1) is 0 Å². The lowest BCUT2D eigenvalue weighted by molar-refractivity contribution is 0.0184. The van der Waals surface area contributed by atoms with Crippen LogP contribution in [0.25, 0.3) is 0 Å². The quantitative estimate of drug-likeness (QED) is 0.721. The van der Waals surface area contributed by atoms with Crippen LogP contribution in [0.1, 0.15) is 17.7 Å². The van der Waals surface area contributed by atoms with Gasteiger partial charge in [-0.2, -0.15) is 0 Å². The zero-order valence-corrected chi connectivity index (χ0v) is 11.0. The van der Waals surface area contributed by atoms with Gasteiger partial charge in [0, 0.05) is 24.6 Å². The first-order valence-electron chi connectivity index (χ1n) is 6.37. The van der Waals surface area contributed by atoms with Crippen molar-refractivity contribution in [2.75, 3.05) is 32.9 Å². The third kappa shape index (κ3) is 5.17. The lowest BCUT2D eigenvalue weighted by Gasteiger charge is -2.10. The summed E-state index contributed by atoms with van der Waals surface area (Å²) in [5.74, 6) is 0. The predicted octanol–water partition coefficient (Wildman–Crippen LogP) is 2.08. The third-order valence-corrected chi connectivity index (χ3v) is 3.82. The van der Waals surface area contributed by atoms with Crippen molar-refractivity contribution in [3.8, 4) is 0 Å². The molecule has 2 rings (SSSR count). The Morgan fingerprint density at radius 2 is 2.47 bits per heavy atom. The highest BCUT2D eigenvalue weighted by Gasteiger charge is 2.14. The second kappa shape index (κ2) is 7.82. The highest BCUT2D eigenvalue weighted by molar-refractivity contribution is 7.09. The summed E-state index contributed by atoms with van der Waals surface area (Å²) in [5, 5.41) is 5.51. The molecule has 1 saturated heterocycles. The number of thiophene rings is 1. The highest BCUT2D eigenvalue weighted by atomic mass is 32.1. The van der Waals surface area contributed by atoms with Crippen LogP contribution in [0.3, 0.4) is 0 Å². The number of ether oxygens (including phenoxy) is 2. The second-order valence-corrected chi connectivity index (χ2v) is 5.32. The van der Waals surface area contributed by atoms with E-state index < -0.39 is 0 Å². The Hall–Kier alpha value is -0.420. The monoisotopic (exact) mass is 255 g/mol. The van der Waals surface area contributed by atoms with Crippen LogP contribution >= 0.6 is 11.3 Å². The van der Waals surface area contributed by atoms with E-state index in [9.17, 15) is 0 Å². The minimum Gasteiger partial charge on any atom is -0.377 e. The van der Waals surface area contributed by atoms with Gasteiger partial charge >= 0.3 is 0 Å². The molecule has 1 unspecified atom stereocenters. The summed E-state index contributed by atoms with van der Waals surface area (Å²) in [6, 6.07) is 4.28. The van der Waals surface area contributed by atoms with Crippen LogP contribution in [0.15, 0.2) is 17.5 Å². The standard InChI is InChI=1S/C13H21NO2S/c1-3-12(16-8-1)11-15-9-7-14-6-5-13-4-2-10-17-13/h2,4,10,12,14H,1,3,5-9,11H2. The van der Waals surface area contributed by atoms with E-state index in [-0.39, 0.29) is 0 Å². The maximum absolute atomic E-state index is 5.57. The molecule has 3 nitrogen and oxygen atoms in total. The highest BCUT2D eigenvalue weighted by Crippen LogP contribution is 2.11. The molecule has 0 radical (unpaired) electrons. The fourth-order valence-corrected chi connectivity index (χ4v) is 2.64. The van der Waals surface area contributed by atoms with Gasteiger partial charge in [-0.3, -0.25) is 0 Å². The molecular formula is C13H21NO2S. The molecule has 1 aliphatic heterocycles. The molecule has 96 valence electrons. The molecule has 17 heavy (non-hydrogen) atoms. The van der Waals surface area contributed by atoms with Crippen LogP contribution in [0.5, 0.6) is 0 Å². The first kappa shape index (κ1) is 13.0. The number of hydrogen-bond donors (Lipinski definition) is 1. The fraction of sp³-hybridized carbons (Fsp3) is 0.692. The van der Waals surface area contributed by atoms with Crippen LogP contribution in [0.4, 0.5) is 0 Å². The van der Waals surface area contributed by atoms with Crippen molar-refractivity contribution in [3.63, 3.8) is 0 Å². The van der Waals surface area contributed by atoms with Crippen molar-refractivity contribution in [1.29, 1.82) is 0 Å². The molecule has 0 spiro atoms. The van der Waals surface area contributed by atoms with Gasteiger partial charge in [0.2, 0.25) is 0 Å². The number of nitrogens with one attached hydrogen (secondary N) is 1. The second-order valence-electron chi connectivity index (χ2n) is 4.29. The lowest BCUT2D eigenvalue weighted by Crippen LogP contribution is -2.24. The van der Waals surface area contributed by atoms with Gasteiger partial charge in [-0.25, -0.2) is 0 Å². The lowest BCUT2D eigenvalue weighted by atomic mass is 10.2. The largest absolute Gasteiger partial charge is 0.377 e. The third-order valence-electron chi connectivity index (χ3n) is 2.88. The van der Waals surface area contributed by atoms with Crippen molar-refractivity contribution in [1.82, 2.24) is 5.32 Å². The molecule has 0 amide bonds. The van der Waals surface area contributed by atoms with E-state index >= 15 is 0 Å². The van der Waals surface area contributed by atoms with E-state index in [1.165, 1.54) is 11.3 Å². The van der Waals surface area contributed by atoms with Crippen LogP contribution in [-0.4, -0.2) is 39.0 Å². The molecule has 0 bridgehead atoms. The molecule has 1 atom stereocenters. The Bertz CT molecular complexity index is 284. The summed E-state index contributed by atoms with van der Waals surface area (Å²) in [6.07, 6.45) is 3.81. The van der Waals surface area contributed by atoms with Gasteiger partial charge in [-0.05, 0) is 30.7 Å². The number of rotatable bonds is 8. The van der Waals surface area contributed by atoms with Gasteiger partial charge in [0.05, 0.1) is 19.3 Å². The van der Waals surface area contributed by atoms with E-state index in [0.29, 0.717) is 6.10 Å². The molecule has 2 heterocycles. The van der Waals surface area contributed by atoms with Gasteiger partial charge in [-0.1, -0.05) is 6.07 Å². The first-order valence-corrected chi connectivity index (χ1v) is 7.25. The molecule has 4 heteroatoms. The van der Waals surface area contributed by atoms with Gasteiger partial charge in [0.1, 0.15) is 0 Å². The molecule has 1 aromatic rings. The Labute approximate surface area is 107 Å². The van der Waals surface area contributed by atoms with Crippen molar-refractivity contribution in [2.45, 2.75) is 25.4 Å². The fourth-order valence-electron chi connectivity index (χ4n) is 1.93. The summed E-state index contributed by atoms with van der Waals surface area (Å²) in [7, 11) is 0. The molecule has 0 saturated carbocycles. The minimum atomic E-state index is 0.348. The zero-order valence-electron chi connectivity index (χ0n) is 10.2. The molecular weight excluding hydrogens is 234 g/mol. The first-order chi connectivity index (χ1) is 8.45. The summed E-state index contributed by atoms with van der Waals surface area (Å²) >= 11 is 1.82. The van der Waals surface area contributed by atoms with E-state index in [1.54, 1.807) is 0 Å². The molecule has 1 N–H and O–H groups in total. The van der Waals surface area contributed by atoms with Crippen LogP contribution in [0.2, 0.25) is 0 Å². The maximum Gasteiger partial charge on any atom is 0.0809 e. The summed E-state index contributed by atoms with van der Waals surface area (Å²) in [4.78, 5) is 1.44. The Morgan fingerprint density at radius 1 is 1.47 bits per heavy atom. The average Bonchev–Trinajstić information content (AvgIpc) is 3.00. The predicted molar refractivity (Wildman–Crippen MR) is 70.7 cm³/mol. The van der Waals surface area contributed by atoms with Crippen LogP contribution < -0.4 is 5.32 Å². The van der Waals surface area contributed by atoms with Gasteiger partial charge in [0.25, 0.3) is 0 Å².